The number of hydrogen-bond donors (Lipinski definition) is 2. The molecule has 0 spiro atoms. The van der Waals surface area contributed by atoms with Crippen LogP contribution in [0.25, 0.3) is 0 Å². The Labute approximate surface area is 111 Å². The van der Waals surface area contributed by atoms with Gasteiger partial charge < -0.3 is 14.8 Å². The highest BCUT2D eigenvalue weighted by Crippen LogP contribution is 2.28. The quantitative estimate of drug-likeness (QED) is 0.825. The summed E-state index contributed by atoms with van der Waals surface area (Å²) in [5.41, 5.74) is -0.929. The number of nitrogens with zero attached hydrogens (tertiary/aromatic N) is 1. The summed E-state index contributed by atoms with van der Waals surface area (Å²) in [6.07, 6.45) is 2.92. The van der Waals surface area contributed by atoms with E-state index in [1.807, 2.05) is 0 Å². The van der Waals surface area contributed by atoms with Crippen molar-refractivity contribution in [2.24, 2.45) is 0 Å². The lowest BCUT2D eigenvalue weighted by Gasteiger charge is -2.30. The van der Waals surface area contributed by atoms with Crippen LogP contribution in [-0.2, 0) is 16.1 Å². The highest BCUT2D eigenvalue weighted by atomic mass is 16.4. The number of rotatable bonds is 5. The molecule has 1 fully saturated rings. The second kappa shape index (κ2) is 5.44. The summed E-state index contributed by atoms with van der Waals surface area (Å²) >= 11 is 0. The molecule has 19 heavy (non-hydrogen) atoms. The number of aliphatic carboxylic acids is 1. The molecular formula is C13H18N2O4. The largest absolute Gasteiger partial charge is 0.480 e. The molecule has 1 unspecified atom stereocenters. The first-order valence-corrected chi connectivity index (χ1v) is 6.30. The molecule has 2 heterocycles. The first-order valence-electron chi connectivity index (χ1n) is 6.30. The third-order valence-electron chi connectivity index (χ3n) is 3.62. The predicted octanol–water partition coefficient (Wildman–Crippen LogP) is 0.835. The Balaban J connectivity index is 1.86. The van der Waals surface area contributed by atoms with Crippen LogP contribution in [0.4, 0.5) is 0 Å². The van der Waals surface area contributed by atoms with Gasteiger partial charge >= 0.3 is 5.97 Å². The van der Waals surface area contributed by atoms with Gasteiger partial charge in [0, 0.05) is 0 Å². The molecule has 1 aliphatic rings. The summed E-state index contributed by atoms with van der Waals surface area (Å²) in [7, 11) is 0. The van der Waals surface area contributed by atoms with Gasteiger partial charge in [-0.2, -0.15) is 0 Å². The molecule has 1 aromatic heterocycles. The predicted molar refractivity (Wildman–Crippen MR) is 67.4 cm³/mol. The SMILES string of the molecule is CC1(C(=O)O)CCCN1CC(=O)NCc1ccco1. The molecule has 2 rings (SSSR count). The van der Waals surface area contributed by atoms with E-state index in [2.05, 4.69) is 5.32 Å². The van der Waals surface area contributed by atoms with Crippen molar-refractivity contribution in [2.45, 2.75) is 31.8 Å². The van der Waals surface area contributed by atoms with Crippen molar-refractivity contribution < 1.29 is 19.1 Å². The van der Waals surface area contributed by atoms with Crippen molar-refractivity contribution >= 4 is 11.9 Å². The maximum Gasteiger partial charge on any atom is 0.323 e. The fraction of sp³-hybridized carbons (Fsp3) is 0.538. The molecule has 0 aliphatic carbocycles. The minimum absolute atomic E-state index is 0.101. The Morgan fingerprint density at radius 3 is 3.00 bits per heavy atom. The third kappa shape index (κ3) is 2.96. The molecule has 1 saturated heterocycles. The smallest absolute Gasteiger partial charge is 0.323 e. The van der Waals surface area contributed by atoms with Crippen LogP contribution in [0.5, 0.6) is 0 Å². The average molecular weight is 266 g/mol. The van der Waals surface area contributed by atoms with E-state index in [1.54, 1.807) is 30.2 Å². The summed E-state index contributed by atoms with van der Waals surface area (Å²) in [6.45, 7) is 2.73. The van der Waals surface area contributed by atoms with Crippen LogP contribution < -0.4 is 5.32 Å². The van der Waals surface area contributed by atoms with Crippen molar-refractivity contribution in [1.82, 2.24) is 10.2 Å². The van der Waals surface area contributed by atoms with E-state index in [0.717, 1.165) is 6.42 Å². The van der Waals surface area contributed by atoms with E-state index >= 15 is 0 Å². The molecule has 0 saturated carbocycles. The first-order chi connectivity index (χ1) is 9.02. The molecule has 1 amide bonds. The molecule has 6 heteroatoms. The highest BCUT2D eigenvalue weighted by Gasteiger charge is 2.43. The maximum atomic E-state index is 11.8. The van der Waals surface area contributed by atoms with E-state index in [0.29, 0.717) is 25.3 Å². The van der Waals surface area contributed by atoms with E-state index in [-0.39, 0.29) is 12.5 Å². The minimum atomic E-state index is -0.929. The van der Waals surface area contributed by atoms with Crippen LogP contribution in [0.2, 0.25) is 0 Å². The zero-order valence-electron chi connectivity index (χ0n) is 10.9. The summed E-state index contributed by atoms with van der Waals surface area (Å²) < 4.78 is 5.11. The van der Waals surface area contributed by atoms with Gasteiger partial charge in [0.2, 0.25) is 5.91 Å². The first kappa shape index (κ1) is 13.6. The average Bonchev–Trinajstić information content (AvgIpc) is 2.98. The number of hydrogen-bond acceptors (Lipinski definition) is 4. The Kier molecular flexibility index (Phi) is 3.90. The molecule has 1 aromatic rings. The molecule has 2 N–H and O–H groups in total. The molecule has 6 nitrogen and oxygen atoms in total. The fourth-order valence-electron chi connectivity index (χ4n) is 2.34. The molecular weight excluding hydrogens is 248 g/mol. The fourth-order valence-corrected chi connectivity index (χ4v) is 2.34. The molecule has 1 aliphatic heterocycles. The van der Waals surface area contributed by atoms with Crippen molar-refractivity contribution in [3.8, 4) is 0 Å². The lowest BCUT2D eigenvalue weighted by atomic mass is 9.99. The summed E-state index contributed by atoms with van der Waals surface area (Å²) in [4.78, 5) is 24.8. The lowest BCUT2D eigenvalue weighted by molar-refractivity contribution is -0.149. The van der Waals surface area contributed by atoms with Crippen LogP contribution >= 0.6 is 0 Å². The topological polar surface area (TPSA) is 82.8 Å². The number of likely N-dealkylation sites (tertiary alicyclic amines) is 1. The van der Waals surface area contributed by atoms with E-state index in [1.165, 1.54) is 0 Å². The highest BCUT2D eigenvalue weighted by molar-refractivity contribution is 5.82. The van der Waals surface area contributed by atoms with Crippen LogP contribution in [0.3, 0.4) is 0 Å². The summed E-state index contributed by atoms with van der Waals surface area (Å²) in [5.74, 6) is -0.384. The zero-order valence-corrected chi connectivity index (χ0v) is 10.9. The van der Waals surface area contributed by atoms with Gasteiger partial charge in [-0.3, -0.25) is 14.5 Å². The molecule has 104 valence electrons. The van der Waals surface area contributed by atoms with Crippen LogP contribution in [0.15, 0.2) is 22.8 Å². The second-order valence-electron chi connectivity index (χ2n) is 4.96. The van der Waals surface area contributed by atoms with Crippen LogP contribution in [-0.4, -0.2) is 40.5 Å². The van der Waals surface area contributed by atoms with Crippen LogP contribution in [0, 0.1) is 0 Å². The van der Waals surface area contributed by atoms with Gasteiger partial charge in [0.05, 0.1) is 19.4 Å². The zero-order chi connectivity index (χ0) is 13.9. The van der Waals surface area contributed by atoms with Gasteiger partial charge in [-0.15, -0.1) is 0 Å². The third-order valence-corrected chi connectivity index (χ3v) is 3.62. The van der Waals surface area contributed by atoms with Gasteiger partial charge in [-0.1, -0.05) is 0 Å². The number of amides is 1. The van der Waals surface area contributed by atoms with Crippen molar-refractivity contribution in [3.63, 3.8) is 0 Å². The van der Waals surface area contributed by atoms with Crippen molar-refractivity contribution in [2.75, 3.05) is 13.1 Å². The Hall–Kier alpha value is -1.82. The summed E-state index contributed by atoms with van der Waals surface area (Å²) in [5, 5.41) is 12.0. The van der Waals surface area contributed by atoms with E-state index in [9.17, 15) is 14.7 Å². The summed E-state index contributed by atoms with van der Waals surface area (Å²) in [6, 6.07) is 3.53. The van der Waals surface area contributed by atoms with Crippen molar-refractivity contribution in [3.05, 3.63) is 24.2 Å². The van der Waals surface area contributed by atoms with Gasteiger partial charge in [-0.25, -0.2) is 0 Å². The number of carbonyl (C=O) groups excluding carboxylic acids is 1. The normalized spacial score (nSPS) is 23.4. The monoisotopic (exact) mass is 266 g/mol. The van der Waals surface area contributed by atoms with E-state index in [4.69, 9.17) is 4.42 Å². The molecule has 0 radical (unpaired) electrons. The van der Waals surface area contributed by atoms with E-state index < -0.39 is 11.5 Å². The number of carboxylic acid groups (broad SMARTS) is 1. The Bertz CT molecular complexity index is 457. The minimum Gasteiger partial charge on any atom is -0.480 e. The maximum absolute atomic E-state index is 11.8. The number of carboxylic acids is 1. The molecule has 0 aromatic carbocycles. The Morgan fingerprint density at radius 1 is 1.58 bits per heavy atom. The molecule has 0 bridgehead atoms. The van der Waals surface area contributed by atoms with Gasteiger partial charge in [0.25, 0.3) is 0 Å². The van der Waals surface area contributed by atoms with Gasteiger partial charge in [0.15, 0.2) is 0 Å². The standard InChI is InChI=1S/C13H18N2O4/c1-13(12(17)18)5-3-6-15(13)9-11(16)14-8-10-4-2-7-19-10/h2,4,7H,3,5-6,8-9H2,1H3,(H,14,16)(H,17,18). The number of furan rings is 1. The number of nitrogens with one attached hydrogen (secondary N) is 1. The van der Waals surface area contributed by atoms with Crippen molar-refractivity contribution in [1.29, 1.82) is 0 Å². The van der Waals surface area contributed by atoms with Gasteiger partial charge in [-0.05, 0) is 38.4 Å². The lowest BCUT2D eigenvalue weighted by Crippen LogP contribution is -2.51. The van der Waals surface area contributed by atoms with Crippen LogP contribution in [0.1, 0.15) is 25.5 Å². The second-order valence-corrected chi connectivity index (χ2v) is 4.96. The molecule has 1 atom stereocenters. The van der Waals surface area contributed by atoms with Gasteiger partial charge in [0.1, 0.15) is 11.3 Å². The Morgan fingerprint density at radius 2 is 2.37 bits per heavy atom. The number of carbonyl (C=O) groups is 2.